The van der Waals surface area contributed by atoms with E-state index in [-0.39, 0.29) is 16.1 Å². The molecule has 1 atom stereocenters. The van der Waals surface area contributed by atoms with Gasteiger partial charge in [0.1, 0.15) is 0 Å². The number of hydrogen-bond donors (Lipinski definition) is 2. The monoisotopic (exact) mass is 354 g/mol. The van der Waals surface area contributed by atoms with E-state index in [0.29, 0.717) is 6.54 Å². The van der Waals surface area contributed by atoms with Crippen LogP contribution in [0.25, 0.3) is 0 Å². The molecule has 0 saturated carbocycles. The molecule has 0 radical (unpaired) electrons. The van der Waals surface area contributed by atoms with Gasteiger partial charge in [-0.3, -0.25) is 4.79 Å². The lowest BCUT2D eigenvalue weighted by molar-refractivity contribution is -0.120. The Kier molecular flexibility index (Phi) is 5.45. The summed E-state index contributed by atoms with van der Waals surface area (Å²) in [7, 11) is -1.83. The van der Waals surface area contributed by atoms with E-state index in [4.69, 9.17) is 5.14 Å². The minimum Gasteiger partial charge on any atom is -0.351 e. The molecule has 23 heavy (non-hydrogen) atoms. The van der Waals surface area contributed by atoms with Gasteiger partial charge in [0.25, 0.3) is 0 Å². The first-order valence-electron chi connectivity index (χ1n) is 6.81. The number of amides is 1. The van der Waals surface area contributed by atoms with Crippen LogP contribution in [0.3, 0.4) is 0 Å². The van der Waals surface area contributed by atoms with Gasteiger partial charge in [-0.25, -0.2) is 18.5 Å². The maximum absolute atomic E-state index is 12.1. The van der Waals surface area contributed by atoms with Crippen LogP contribution >= 0.6 is 11.8 Å². The zero-order chi connectivity index (χ0) is 17.0. The van der Waals surface area contributed by atoms with Crippen molar-refractivity contribution in [3.63, 3.8) is 0 Å². The molecule has 0 spiro atoms. The van der Waals surface area contributed by atoms with Crippen LogP contribution < -0.4 is 10.5 Å². The fraction of sp³-hybridized carbons (Fsp3) is 0.286. The van der Waals surface area contributed by atoms with Gasteiger partial charge in [0, 0.05) is 26.0 Å². The van der Waals surface area contributed by atoms with Crippen LogP contribution in [0, 0.1) is 0 Å². The van der Waals surface area contributed by atoms with Crippen molar-refractivity contribution in [1.82, 2.24) is 14.9 Å². The van der Waals surface area contributed by atoms with Gasteiger partial charge in [-0.1, -0.05) is 23.9 Å². The van der Waals surface area contributed by atoms with Crippen molar-refractivity contribution < 1.29 is 13.2 Å². The molecule has 1 aromatic carbocycles. The van der Waals surface area contributed by atoms with Crippen molar-refractivity contribution in [2.24, 2.45) is 12.2 Å². The molecule has 0 aliphatic rings. The van der Waals surface area contributed by atoms with E-state index in [1.807, 2.05) is 17.8 Å². The smallest absolute Gasteiger partial charge is 0.238 e. The lowest BCUT2D eigenvalue weighted by Crippen LogP contribution is -2.30. The molecule has 0 bridgehead atoms. The normalized spacial score (nSPS) is 12.8. The number of hydrogen-bond acceptors (Lipinski definition) is 5. The van der Waals surface area contributed by atoms with E-state index in [1.165, 1.54) is 23.9 Å². The molecule has 2 rings (SSSR count). The molecule has 1 heterocycles. The largest absolute Gasteiger partial charge is 0.351 e. The van der Waals surface area contributed by atoms with Gasteiger partial charge in [0.2, 0.25) is 15.9 Å². The van der Waals surface area contributed by atoms with Crippen LogP contribution in [-0.4, -0.2) is 29.1 Å². The third-order valence-corrected chi connectivity index (χ3v) is 5.25. The molecule has 0 aliphatic carbocycles. The summed E-state index contributed by atoms with van der Waals surface area (Å²) in [6.07, 6.45) is 3.50. The summed E-state index contributed by atoms with van der Waals surface area (Å²) in [5.41, 5.74) is 0.792. The summed E-state index contributed by atoms with van der Waals surface area (Å²) in [4.78, 5) is 16.3. The van der Waals surface area contributed by atoms with Crippen molar-refractivity contribution in [2.75, 3.05) is 0 Å². The van der Waals surface area contributed by atoms with E-state index in [9.17, 15) is 13.2 Å². The molecule has 1 unspecified atom stereocenters. The van der Waals surface area contributed by atoms with Crippen molar-refractivity contribution in [1.29, 1.82) is 0 Å². The van der Waals surface area contributed by atoms with Gasteiger partial charge in [-0.05, 0) is 24.6 Å². The maximum atomic E-state index is 12.1. The third-order valence-electron chi connectivity index (χ3n) is 3.15. The first-order chi connectivity index (χ1) is 10.8. The number of primary sulfonamides is 1. The summed E-state index contributed by atoms with van der Waals surface area (Å²) in [5, 5.41) is 8.33. The second-order valence-corrected chi connectivity index (χ2v) is 7.86. The van der Waals surface area contributed by atoms with Gasteiger partial charge in [-0.2, -0.15) is 0 Å². The van der Waals surface area contributed by atoms with Crippen LogP contribution in [0.4, 0.5) is 0 Å². The molecule has 0 fully saturated rings. The molecule has 9 heteroatoms. The Morgan fingerprint density at radius 3 is 2.57 bits per heavy atom. The summed E-state index contributed by atoms with van der Waals surface area (Å²) >= 11 is 1.37. The van der Waals surface area contributed by atoms with E-state index in [2.05, 4.69) is 10.3 Å². The number of nitrogens with two attached hydrogens (primary N) is 1. The predicted molar refractivity (Wildman–Crippen MR) is 88.2 cm³/mol. The number of rotatable bonds is 6. The Morgan fingerprint density at radius 2 is 2.04 bits per heavy atom. The zero-order valence-electron chi connectivity index (χ0n) is 12.8. The van der Waals surface area contributed by atoms with Crippen LogP contribution in [0.1, 0.15) is 12.5 Å². The Labute approximate surface area is 139 Å². The van der Waals surface area contributed by atoms with E-state index < -0.39 is 10.0 Å². The number of aromatic nitrogens is 2. The number of carbonyl (C=O) groups excluding carboxylic acids is 1. The van der Waals surface area contributed by atoms with E-state index >= 15 is 0 Å². The Morgan fingerprint density at radius 1 is 1.39 bits per heavy atom. The molecular weight excluding hydrogens is 336 g/mol. The summed E-state index contributed by atoms with van der Waals surface area (Å²) in [5.74, 6) is -0.117. The van der Waals surface area contributed by atoms with Crippen LogP contribution in [0.5, 0.6) is 0 Å². The molecule has 7 nitrogen and oxygen atoms in total. The van der Waals surface area contributed by atoms with E-state index in [0.717, 1.165) is 10.7 Å². The number of benzene rings is 1. The van der Waals surface area contributed by atoms with Crippen molar-refractivity contribution in [3.8, 4) is 0 Å². The van der Waals surface area contributed by atoms with Crippen molar-refractivity contribution >= 4 is 27.7 Å². The van der Waals surface area contributed by atoms with Crippen LogP contribution in [0.15, 0.2) is 46.7 Å². The number of nitrogens with one attached hydrogen (secondary N) is 1. The first-order valence-corrected chi connectivity index (χ1v) is 9.23. The van der Waals surface area contributed by atoms with Gasteiger partial charge in [0.05, 0.1) is 10.1 Å². The maximum Gasteiger partial charge on any atom is 0.238 e. The minimum atomic E-state index is -3.70. The number of thioether (sulfide) groups is 1. The minimum absolute atomic E-state index is 0.0475. The second kappa shape index (κ2) is 7.16. The number of nitrogens with zero attached hydrogens (tertiary/aromatic N) is 2. The summed E-state index contributed by atoms with van der Waals surface area (Å²) in [6, 6.07) is 6.08. The molecule has 0 saturated heterocycles. The van der Waals surface area contributed by atoms with Gasteiger partial charge >= 0.3 is 0 Å². The topological polar surface area (TPSA) is 107 Å². The first kappa shape index (κ1) is 17.5. The highest BCUT2D eigenvalue weighted by Gasteiger charge is 2.16. The number of sulfonamides is 1. The van der Waals surface area contributed by atoms with Crippen LogP contribution in [0.2, 0.25) is 0 Å². The summed E-state index contributed by atoms with van der Waals surface area (Å²) in [6.45, 7) is 2.12. The lowest BCUT2D eigenvalue weighted by Gasteiger charge is -2.12. The van der Waals surface area contributed by atoms with Gasteiger partial charge < -0.3 is 9.88 Å². The van der Waals surface area contributed by atoms with Gasteiger partial charge in [0.15, 0.2) is 5.16 Å². The molecule has 0 aliphatic heterocycles. The quantitative estimate of drug-likeness (QED) is 0.748. The average Bonchev–Trinajstić information content (AvgIpc) is 2.89. The lowest BCUT2D eigenvalue weighted by atomic mass is 10.2. The fourth-order valence-corrected chi connectivity index (χ4v) is 3.18. The number of aryl methyl sites for hydroxylation is 1. The highest BCUT2D eigenvalue weighted by molar-refractivity contribution is 8.00. The highest BCUT2D eigenvalue weighted by atomic mass is 32.2. The Balaban J connectivity index is 1.90. The SMILES string of the molecule is CC(Sc1nccn1C)C(=O)NCc1ccc(S(N)(=O)=O)cc1. The third kappa shape index (κ3) is 4.81. The number of carbonyl (C=O) groups is 1. The number of imidazole rings is 1. The van der Waals surface area contributed by atoms with E-state index in [1.54, 1.807) is 25.3 Å². The van der Waals surface area contributed by atoms with Crippen LogP contribution in [-0.2, 0) is 28.4 Å². The average molecular weight is 354 g/mol. The Hall–Kier alpha value is -1.84. The summed E-state index contributed by atoms with van der Waals surface area (Å²) < 4.78 is 24.2. The standard InChI is InChI=1S/C14H18N4O3S2/c1-10(22-14-16-7-8-18(14)2)13(19)17-9-11-3-5-12(6-4-11)23(15,20)21/h3-8,10H,9H2,1-2H3,(H,17,19)(H2,15,20,21). The molecule has 1 amide bonds. The molecule has 2 aromatic rings. The molecule has 124 valence electrons. The molecule has 3 N–H and O–H groups in total. The Bertz CT molecular complexity index is 785. The van der Waals surface area contributed by atoms with Gasteiger partial charge in [-0.15, -0.1) is 0 Å². The van der Waals surface area contributed by atoms with Crippen molar-refractivity contribution in [3.05, 3.63) is 42.2 Å². The highest BCUT2D eigenvalue weighted by Crippen LogP contribution is 2.20. The predicted octanol–water partition coefficient (Wildman–Crippen LogP) is 0.865. The molecular formula is C14H18N4O3S2. The fourth-order valence-electron chi connectivity index (χ4n) is 1.81. The molecule has 1 aromatic heterocycles. The zero-order valence-corrected chi connectivity index (χ0v) is 14.4. The second-order valence-electron chi connectivity index (χ2n) is 4.99. The van der Waals surface area contributed by atoms with Crippen molar-refractivity contribution in [2.45, 2.75) is 28.8 Å².